The van der Waals surface area contributed by atoms with Crippen LogP contribution in [0.3, 0.4) is 0 Å². The van der Waals surface area contributed by atoms with Gasteiger partial charge in [-0.3, -0.25) is 4.79 Å². The second-order valence-electron chi connectivity index (χ2n) is 6.02. The highest BCUT2D eigenvalue weighted by molar-refractivity contribution is 6.32. The van der Waals surface area contributed by atoms with E-state index in [-0.39, 0.29) is 5.91 Å². The molecule has 27 heavy (non-hydrogen) atoms. The summed E-state index contributed by atoms with van der Waals surface area (Å²) in [5.74, 6) is 1.13. The standard InChI is InChI=1S/C18H24ClN5O3/c1-24(2)7-5-6-20-17(25)12-10-21-18(22-11-12)23-14-9-15(26-3)13(19)8-16(14)27-4/h8-11H,5-7H2,1-4H3,(H,20,25)(H,21,22,23). The lowest BCUT2D eigenvalue weighted by Gasteiger charge is -2.13. The SMILES string of the molecule is COc1cc(Nc2ncc(C(=O)NCCCN(C)C)cn2)c(OC)cc1Cl. The van der Waals surface area contributed by atoms with Gasteiger partial charge >= 0.3 is 0 Å². The lowest BCUT2D eigenvalue weighted by Crippen LogP contribution is -2.27. The summed E-state index contributed by atoms with van der Waals surface area (Å²) < 4.78 is 10.5. The molecule has 2 rings (SSSR count). The lowest BCUT2D eigenvalue weighted by atomic mass is 10.2. The third-order valence-corrected chi connectivity index (χ3v) is 4.00. The lowest BCUT2D eigenvalue weighted by molar-refractivity contribution is 0.0951. The van der Waals surface area contributed by atoms with Crippen LogP contribution in [0.4, 0.5) is 11.6 Å². The summed E-state index contributed by atoms with van der Waals surface area (Å²) in [6.07, 6.45) is 3.81. The van der Waals surface area contributed by atoms with E-state index >= 15 is 0 Å². The maximum atomic E-state index is 12.1. The number of hydrogen-bond donors (Lipinski definition) is 2. The van der Waals surface area contributed by atoms with Crippen molar-refractivity contribution >= 4 is 29.1 Å². The van der Waals surface area contributed by atoms with Crippen molar-refractivity contribution in [1.82, 2.24) is 20.2 Å². The number of aromatic nitrogens is 2. The molecule has 9 heteroatoms. The van der Waals surface area contributed by atoms with E-state index in [1.807, 2.05) is 14.1 Å². The zero-order valence-corrected chi connectivity index (χ0v) is 16.6. The van der Waals surface area contributed by atoms with E-state index in [9.17, 15) is 4.79 Å². The Kier molecular flexibility index (Phi) is 7.63. The molecular weight excluding hydrogens is 370 g/mol. The van der Waals surface area contributed by atoms with Gasteiger partial charge in [0, 0.05) is 31.1 Å². The Morgan fingerprint density at radius 2 is 1.81 bits per heavy atom. The first-order chi connectivity index (χ1) is 12.9. The summed E-state index contributed by atoms with van der Waals surface area (Å²) in [6.45, 7) is 1.50. The number of carbonyl (C=O) groups is 1. The van der Waals surface area contributed by atoms with Gasteiger partial charge in [0.2, 0.25) is 5.95 Å². The topological polar surface area (TPSA) is 88.6 Å². The van der Waals surface area contributed by atoms with Crippen molar-refractivity contribution in [2.45, 2.75) is 6.42 Å². The molecule has 1 heterocycles. The van der Waals surface area contributed by atoms with Crippen LogP contribution in [0, 0.1) is 0 Å². The molecular formula is C18H24ClN5O3. The van der Waals surface area contributed by atoms with Crippen molar-refractivity contribution in [3.63, 3.8) is 0 Å². The van der Waals surface area contributed by atoms with E-state index in [2.05, 4.69) is 25.5 Å². The molecule has 2 aromatic rings. The van der Waals surface area contributed by atoms with E-state index in [4.69, 9.17) is 21.1 Å². The number of methoxy groups -OCH3 is 2. The molecule has 0 saturated carbocycles. The molecule has 0 aliphatic rings. The first kappa shape index (κ1) is 20.7. The number of nitrogens with one attached hydrogen (secondary N) is 2. The molecule has 1 amide bonds. The number of nitrogens with zero attached hydrogens (tertiary/aromatic N) is 3. The molecule has 2 N–H and O–H groups in total. The van der Waals surface area contributed by atoms with Crippen LogP contribution in [-0.4, -0.2) is 62.2 Å². The number of hydrogen-bond acceptors (Lipinski definition) is 7. The summed E-state index contributed by atoms with van der Waals surface area (Å²) in [6, 6.07) is 3.33. The van der Waals surface area contributed by atoms with Crippen LogP contribution in [0.25, 0.3) is 0 Å². The number of benzene rings is 1. The molecule has 146 valence electrons. The van der Waals surface area contributed by atoms with E-state index in [0.29, 0.717) is 40.3 Å². The minimum absolute atomic E-state index is 0.203. The van der Waals surface area contributed by atoms with Gasteiger partial charge in [0.05, 0.1) is 30.5 Å². The van der Waals surface area contributed by atoms with E-state index in [1.165, 1.54) is 26.6 Å². The summed E-state index contributed by atoms with van der Waals surface area (Å²) in [7, 11) is 7.05. The molecule has 0 aliphatic heterocycles. The van der Waals surface area contributed by atoms with E-state index < -0.39 is 0 Å². The second-order valence-corrected chi connectivity index (χ2v) is 6.43. The van der Waals surface area contributed by atoms with Gasteiger partial charge in [0.25, 0.3) is 5.91 Å². The number of amides is 1. The van der Waals surface area contributed by atoms with Crippen LogP contribution in [0.1, 0.15) is 16.8 Å². The average Bonchev–Trinajstić information content (AvgIpc) is 2.66. The van der Waals surface area contributed by atoms with Gasteiger partial charge in [-0.25, -0.2) is 9.97 Å². The van der Waals surface area contributed by atoms with Crippen molar-refractivity contribution in [2.75, 3.05) is 46.7 Å². The minimum atomic E-state index is -0.203. The van der Waals surface area contributed by atoms with Crippen LogP contribution in [-0.2, 0) is 0 Å². The number of rotatable bonds is 9. The molecule has 8 nitrogen and oxygen atoms in total. The van der Waals surface area contributed by atoms with Gasteiger partial charge in [0.15, 0.2) is 0 Å². The maximum Gasteiger partial charge on any atom is 0.254 e. The molecule has 1 aromatic heterocycles. The summed E-state index contributed by atoms with van der Waals surface area (Å²) in [4.78, 5) is 22.5. The molecule has 0 fully saturated rings. The fourth-order valence-corrected chi connectivity index (χ4v) is 2.52. The first-order valence-electron chi connectivity index (χ1n) is 8.38. The number of carbonyl (C=O) groups excluding carboxylic acids is 1. The van der Waals surface area contributed by atoms with Crippen LogP contribution in [0.5, 0.6) is 11.5 Å². The number of anilines is 2. The minimum Gasteiger partial charge on any atom is -0.495 e. The van der Waals surface area contributed by atoms with Crippen molar-refractivity contribution in [3.8, 4) is 11.5 Å². The zero-order chi connectivity index (χ0) is 19.8. The van der Waals surface area contributed by atoms with Gasteiger partial charge in [-0.1, -0.05) is 11.6 Å². The Labute approximate surface area is 163 Å². The van der Waals surface area contributed by atoms with Crippen molar-refractivity contribution in [1.29, 1.82) is 0 Å². The highest BCUT2D eigenvalue weighted by Crippen LogP contribution is 2.36. The molecule has 0 radical (unpaired) electrons. The van der Waals surface area contributed by atoms with E-state index in [1.54, 1.807) is 12.1 Å². The highest BCUT2D eigenvalue weighted by atomic mass is 35.5. The van der Waals surface area contributed by atoms with Crippen LogP contribution < -0.4 is 20.1 Å². The fraction of sp³-hybridized carbons (Fsp3) is 0.389. The quantitative estimate of drug-likeness (QED) is 0.633. The summed E-state index contributed by atoms with van der Waals surface area (Å²) in [5, 5.41) is 6.31. The molecule has 0 aliphatic carbocycles. The van der Waals surface area contributed by atoms with Crippen LogP contribution in [0.2, 0.25) is 5.02 Å². The highest BCUT2D eigenvalue weighted by Gasteiger charge is 2.12. The van der Waals surface area contributed by atoms with Crippen molar-refractivity contribution in [2.24, 2.45) is 0 Å². The average molecular weight is 394 g/mol. The first-order valence-corrected chi connectivity index (χ1v) is 8.76. The van der Waals surface area contributed by atoms with Gasteiger partial charge in [-0.05, 0) is 27.1 Å². The van der Waals surface area contributed by atoms with Crippen LogP contribution >= 0.6 is 11.6 Å². The van der Waals surface area contributed by atoms with E-state index in [0.717, 1.165) is 13.0 Å². The second kappa shape index (κ2) is 9.94. The fourth-order valence-electron chi connectivity index (χ4n) is 2.29. The van der Waals surface area contributed by atoms with Gasteiger partial charge < -0.3 is 25.0 Å². The molecule has 0 spiro atoms. The van der Waals surface area contributed by atoms with Crippen LogP contribution in [0.15, 0.2) is 24.5 Å². The third kappa shape index (κ3) is 5.97. The number of ether oxygens (including phenoxy) is 2. The van der Waals surface area contributed by atoms with Crippen molar-refractivity contribution < 1.29 is 14.3 Å². The molecule has 0 unspecified atom stereocenters. The monoisotopic (exact) mass is 393 g/mol. The molecule has 0 atom stereocenters. The molecule has 1 aromatic carbocycles. The predicted octanol–water partition coefficient (Wildman–Crippen LogP) is 2.57. The normalized spacial score (nSPS) is 10.6. The maximum absolute atomic E-state index is 12.1. The van der Waals surface area contributed by atoms with Gasteiger partial charge in [-0.2, -0.15) is 0 Å². The Bertz CT molecular complexity index is 768. The zero-order valence-electron chi connectivity index (χ0n) is 15.9. The number of halogens is 1. The molecule has 0 bridgehead atoms. The van der Waals surface area contributed by atoms with Gasteiger partial charge in [0.1, 0.15) is 11.5 Å². The summed E-state index contributed by atoms with van der Waals surface area (Å²) in [5.41, 5.74) is 0.991. The predicted molar refractivity (Wildman–Crippen MR) is 105 cm³/mol. The Balaban J connectivity index is 2.02. The Morgan fingerprint density at radius 1 is 1.15 bits per heavy atom. The molecule has 0 saturated heterocycles. The summed E-state index contributed by atoms with van der Waals surface area (Å²) >= 11 is 6.10. The smallest absolute Gasteiger partial charge is 0.254 e. The van der Waals surface area contributed by atoms with Crippen molar-refractivity contribution in [3.05, 3.63) is 35.1 Å². The third-order valence-electron chi connectivity index (χ3n) is 3.70. The largest absolute Gasteiger partial charge is 0.495 e. The Hall–Kier alpha value is -2.58. The van der Waals surface area contributed by atoms with Gasteiger partial charge in [-0.15, -0.1) is 0 Å². The Morgan fingerprint density at radius 3 is 2.41 bits per heavy atom.